The van der Waals surface area contributed by atoms with E-state index in [0.29, 0.717) is 5.15 Å². The number of aromatic nitrogens is 2. The Bertz CT molecular complexity index is 874. The van der Waals surface area contributed by atoms with E-state index >= 15 is 0 Å². The molecule has 0 unspecified atom stereocenters. The van der Waals surface area contributed by atoms with E-state index in [0.717, 1.165) is 68.0 Å². The van der Waals surface area contributed by atoms with Gasteiger partial charge in [-0.1, -0.05) is 17.7 Å². The summed E-state index contributed by atoms with van der Waals surface area (Å²) in [4.78, 5) is 18.3. The highest BCUT2D eigenvalue weighted by Crippen LogP contribution is 2.28. The van der Waals surface area contributed by atoms with Crippen LogP contribution < -0.4 is 4.90 Å². The number of nitrogens with zero attached hydrogens (tertiary/aromatic N) is 5. The smallest absolute Gasteiger partial charge is 0.141 e. The quantitative estimate of drug-likeness (QED) is 0.738. The van der Waals surface area contributed by atoms with Crippen LogP contribution in [0.5, 0.6) is 0 Å². The van der Waals surface area contributed by atoms with Gasteiger partial charge in [-0.05, 0) is 50.0 Å². The Morgan fingerprint density at radius 1 is 1.08 bits per heavy atom. The maximum Gasteiger partial charge on any atom is 0.141 e. The largest absolute Gasteiger partial charge is 0.339 e. The van der Waals surface area contributed by atoms with E-state index in [9.17, 15) is 0 Å². The molecule has 134 valence electrons. The maximum atomic E-state index is 6.25. The van der Waals surface area contributed by atoms with E-state index < -0.39 is 0 Å². The molecule has 26 heavy (non-hydrogen) atoms. The molecule has 0 aliphatic carbocycles. The third kappa shape index (κ3) is 3.73. The van der Waals surface area contributed by atoms with Crippen molar-refractivity contribution in [2.24, 2.45) is 4.99 Å². The van der Waals surface area contributed by atoms with Crippen molar-refractivity contribution in [3.63, 3.8) is 0 Å². The molecular formula is C20H22ClN5. The van der Waals surface area contributed by atoms with Gasteiger partial charge in [0, 0.05) is 37.0 Å². The summed E-state index contributed by atoms with van der Waals surface area (Å²) < 4.78 is 0. The van der Waals surface area contributed by atoms with Crippen molar-refractivity contribution >= 4 is 34.5 Å². The minimum Gasteiger partial charge on any atom is -0.339 e. The van der Waals surface area contributed by atoms with Gasteiger partial charge in [0.05, 0.1) is 12.2 Å². The number of hydrogen-bond donors (Lipinski definition) is 0. The lowest BCUT2D eigenvalue weighted by Gasteiger charge is -2.38. The number of pyridine rings is 2. The van der Waals surface area contributed by atoms with Gasteiger partial charge in [0.15, 0.2) is 0 Å². The lowest BCUT2D eigenvalue weighted by atomic mass is 10.2. The molecule has 6 heteroatoms. The number of rotatable bonds is 2. The molecule has 2 aliphatic rings. The van der Waals surface area contributed by atoms with E-state index in [1.807, 2.05) is 24.4 Å². The van der Waals surface area contributed by atoms with Crippen molar-refractivity contribution in [3.8, 4) is 0 Å². The average Bonchev–Trinajstić information content (AvgIpc) is 2.81. The fraction of sp³-hybridized carbons (Fsp3) is 0.350. The normalized spacial score (nSPS) is 22.9. The van der Waals surface area contributed by atoms with Crippen molar-refractivity contribution < 1.29 is 0 Å². The first-order valence-corrected chi connectivity index (χ1v) is 9.49. The highest BCUT2D eigenvalue weighted by atomic mass is 35.5. The first-order chi connectivity index (χ1) is 12.8. The summed E-state index contributed by atoms with van der Waals surface area (Å²) in [5.74, 6) is 1.95. The molecule has 2 aromatic rings. The van der Waals surface area contributed by atoms with Crippen LogP contribution in [0.25, 0.3) is 10.9 Å². The van der Waals surface area contributed by atoms with Crippen LogP contribution in [0, 0.1) is 0 Å². The predicted octanol–water partition coefficient (Wildman–Crippen LogP) is 4.41. The Morgan fingerprint density at radius 2 is 2.00 bits per heavy atom. The molecule has 0 aromatic carbocycles. The summed E-state index contributed by atoms with van der Waals surface area (Å²) in [5, 5.41) is 1.52. The highest BCUT2D eigenvalue weighted by Gasteiger charge is 2.22. The van der Waals surface area contributed by atoms with Gasteiger partial charge in [0.2, 0.25) is 0 Å². The van der Waals surface area contributed by atoms with Crippen molar-refractivity contribution in [2.45, 2.75) is 25.7 Å². The molecule has 1 saturated heterocycles. The van der Waals surface area contributed by atoms with Gasteiger partial charge in [-0.15, -0.1) is 0 Å². The fourth-order valence-electron chi connectivity index (χ4n) is 3.44. The van der Waals surface area contributed by atoms with Crippen LogP contribution in [-0.2, 0) is 0 Å². The summed E-state index contributed by atoms with van der Waals surface area (Å²) in [6.07, 6.45) is 14.5. The third-order valence-corrected chi connectivity index (χ3v) is 4.89. The Balaban J connectivity index is 1.63. The second-order valence-corrected chi connectivity index (χ2v) is 6.95. The van der Waals surface area contributed by atoms with E-state index in [-0.39, 0.29) is 0 Å². The third-order valence-electron chi connectivity index (χ3n) is 4.70. The summed E-state index contributed by atoms with van der Waals surface area (Å²) in [6, 6.07) is 5.82. The molecule has 4 heterocycles. The number of allylic oxidation sites excluding steroid dienone is 3. The Morgan fingerprint density at radius 3 is 2.96 bits per heavy atom. The van der Waals surface area contributed by atoms with Gasteiger partial charge in [0.25, 0.3) is 0 Å². The number of fused-ring (bicyclic) bond motifs is 1. The molecule has 4 rings (SSSR count). The maximum absolute atomic E-state index is 6.25. The van der Waals surface area contributed by atoms with Gasteiger partial charge in [0.1, 0.15) is 16.8 Å². The number of halogens is 1. The molecule has 0 N–H and O–H groups in total. The van der Waals surface area contributed by atoms with Crippen molar-refractivity contribution in [1.29, 1.82) is 0 Å². The Kier molecular flexibility index (Phi) is 5.16. The lowest BCUT2D eigenvalue weighted by Crippen LogP contribution is -2.44. The SMILES string of the molecule is Clc1cc2ncccc2c(N2CCCN(C3=C/CCC/C=C/C=N\3)C2)n1. The van der Waals surface area contributed by atoms with Gasteiger partial charge in [-0.3, -0.25) is 4.98 Å². The van der Waals surface area contributed by atoms with Crippen LogP contribution in [0.1, 0.15) is 25.7 Å². The zero-order valence-corrected chi connectivity index (χ0v) is 15.4. The minimum absolute atomic E-state index is 0.480. The molecule has 0 spiro atoms. The van der Waals surface area contributed by atoms with Crippen molar-refractivity contribution in [2.75, 3.05) is 24.7 Å². The van der Waals surface area contributed by atoms with Crippen LogP contribution >= 0.6 is 11.6 Å². The van der Waals surface area contributed by atoms with Crippen LogP contribution in [0.15, 0.2) is 53.4 Å². The molecule has 0 bridgehead atoms. The van der Waals surface area contributed by atoms with E-state index in [1.165, 1.54) is 0 Å². The minimum atomic E-state index is 0.480. The van der Waals surface area contributed by atoms with Crippen LogP contribution in [0.2, 0.25) is 5.15 Å². The standard InChI is InChI=1S/C20H22ClN5/c21-18-14-17-16(8-6-11-22-17)20(24-18)26-13-7-12-25(15-26)19-9-4-2-1-3-5-10-23-19/h3,5-6,8-11,14H,1-2,4,7,12-13,15H2/b5-3+,19-9+,23-10-. The summed E-state index contributed by atoms with van der Waals surface area (Å²) in [6.45, 7) is 2.70. The van der Waals surface area contributed by atoms with E-state index in [2.05, 4.69) is 43.0 Å². The highest BCUT2D eigenvalue weighted by molar-refractivity contribution is 6.30. The van der Waals surface area contributed by atoms with Gasteiger partial charge >= 0.3 is 0 Å². The molecule has 0 atom stereocenters. The fourth-order valence-corrected chi connectivity index (χ4v) is 3.62. The number of hydrogen-bond acceptors (Lipinski definition) is 5. The van der Waals surface area contributed by atoms with Gasteiger partial charge in [-0.2, -0.15) is 0 Å². The van der Waals surface area contributed by atoms with E-state index in [4.69, 9.17) is 11.6 Å². The van der Waals surface area contributed by atoms with Crippen molar-refractivity contribution in [1.82, 2.24) is 14.9 Å². The van der Waals surface area contributed by atoms with Crippen LogP contribution in [0.3, 0.4) is 0 Å². The molecule has 5 nitrogen and oxygen atoms in total. The topological polar surface area (TPSA) is 44.6 Å². The molecule has 0 amide bonds. The van der Waals surface area contributed by atoms with Gasteiger partial charge in [-0.25, -0.2) is 9.98 Å². The molecule has 1 fully saturated rings. The summed E-state index contributed by atoms with van der Waals surface area (Å²) in [7, 11) is 0. The Hall–Kier alpha value is -2.40. The summed E-state index contributed by atoms with van der Waals surface area (Å²) in [5.41, 5.74) is 0.879. The average molecular weight is 368 g/mol. The summed E-state index contributed by atoms with van der Waals surface area (Å²) >= 11 is 6.25. The zero-order valence-electron chi connectivity index (χ0n) is 14.7. The molecule has 2 aromatic heterocycles. The second kappa shape index (κ2) is 7.87. The molecule has 2 aliphatic heterocycles. The zero-order chi connectivity index (χ0) is 17.8. The lowest BCUT2D eigenvalue weighted by molar-refractivity contribution is 0.296. The predicted molar refractivity (Wildman–Crippen MR) is 108 cm³/mol. The van der Waals surface area contributed by atoms with Gasteiger partial charge < -0.3 is 9.80 Å². The van der Waals surface area contributed by atoms with Crippen LogP contribution in [0.4, 0.5) is 5.82 Å². The first-order valence-electron chi connectivity index (χ1n) is 9.12. The number of aliphatic imine (C=N–C) groups is 1. The monoisotopic (exact) mass is 367 g/mol. The van der Waals surface area contributed by atoms with Crippen molar-refractivity contribution in [3.05, 3.63) is 53.6 Å². The Labute approximate surface area is 158 Å². The molecule has 0 saturated carbocycles. The number of anilines is 1. The molecular weight excluding hydrogens is 346 g/mol. The molecule has 0 radical (unpaired) electrons. The van der Waals surface area contributed by atoms with E-state index in [1.54, 1.807) is 6.20 Å². The van der Waals surface area contributed by atoms with Crippen LogP contribution in [-0.4, -0.2) is 40.8 Å². The second-order valence-electron chi connectivity index (χ2n) is 6.56. The first kappa shape index (κ1) is 17.0.